The van der Waals surface area contributed by atoms with Crippen LogP contribution in [-0.2, 0) is 24.7 Å². The molecule has 11 heteroatoms. The normalized spacial score (nSPS) is 22.5. The lowest BCUT2D eigenvalue weighted by Crippen LogP contribution is -2.49. The van der Waals surface area contributed by atoms with Gasteiger partial charge < -0.3 is 4.90 Å². The molecule has 2 heterocycles. The van der Waals surface area contributed by atoms with Crippen molar-refractivity contribution in [3.05, 3.63) is 24.3 Å². The zero-order chi connectivity index (χ0) is 24.4. The molecular weight excluding hydrogens is 474 g/mol. The molecule has 0 aromatic heterocycles. The molecule has 0 aliphatic carbocycles. The van der Waals surface area contributed by atoms with Crippen LogP contribution in [0.25, 0.3) is 0 Å². The van der Waals surface area contributed by atoms with E-state index in [1.807, 2.05) is 0 Å². The predicted octanol–water partition coefficient (Wildman–Crippen LogP) is 3.31. The molecule has 0 saturated carbocycles. The Balaban J connectivity index is 1.73. The number of nitrogens with zero attached hydrogens (tertiary/aromatic N) is 2. The summed E-state index contributed by atoms with van der Waals surface area (Å²) >= 11 is 0. The van der Waals surface area contributed by atoms with Crippen molar-refractivity contribution in [1.29, 1.82) is 0 Å². The highest BCUT2D eigenvalue weighted by Gasteiger charge is 2.39. The standard InChI is InChI=1S/C22H32F2N2O5S2/c1-3-18(4-2)32(28,29)19-7-9-20(10-8-19)33(30,31)26-13-5-6-17(16-26)21(27)25-14-11-22(23,24)12-15-25/h7-10,17-18H,3-6,11-16H2,1-2H3. The average molecular weight is 507 g/mol. The summed E-state index contributed by atoms with van der Waals surface area (Å²) in [5, 5.41) is -0.524. The van der Waals surface area contributed by atoms with E-state index in [2.05, 4.69) is 0 Å². The Bertz CT molecular complexity index is 1040. The van der Waals surface area contributed by atoms with Crippen LogP contribution in [0.4, 0.5) is 8.78 Å². The number of halogens is 2. The van der Waals surface area contributed by atoms with E-state index in [1.165, 1.54) is 33.5 Å². The summed E-state index contributed by atoms with van der Waals surface area (Å²) in [7, 11) is -7.46. The number of amides is 1. The fraction of sp³-hybridized carbons (Fsp3) is 0.682. The van der Waals surface area contributed by atoms with Crippen molar-refractivity contribution in [2.24, 2.45) is 5.92 Å². The maximum atomic E-state index is 13.4. The van der Waals surface area contributed by atoms with Crippen molar-refractivity contribution < 1.29 is 30.4 Å². The van der Waals surface area contributed by atoms with Gasteiger partial charge in [0.1, 0.15) is 0 Å². The number of benzene rings is 1. The summed E-state index contributed by atoms with van der Waals surface area (Å²) in [5.41, 5.74) is 0. The number of sulfonamides is 1. The highest BCUT2D eigenvalue weighted by molar-refractivity contribution is 7.92. The lowest BCUT2D eigenvalue weighted by Gasteiger charge is -2.37. The SMILES string of the molecule is CCC(CC)S(=O)(=O)c1ccc(S(=O)(=O)N2CCCC(C(=O)N3CCC(F)(F)CC3)C2)cc1. The number of carbonyl (C=O) groups is 1. The van der Waals surface area contributed by atoms with Gasteiger partial charge in [-0.1, -0.05) is 13.8 Å². The van der Waals surface area contributed by atoms with Crippen LogP contribution in [-0.4, -0.2) is 69.3 Å². The van der Waals surface area contributed by atoms with Gasteiger partial charge in [0.15, 0.2) is 9.84 Å². The van der Waals surface area contributed by atoms with Gasteiger partial charge in [-0.25, -0.2) is 25.6 Å². The van der Waals surface area contributed by atoms with Crippen molar-refractivity contribution in [3.8, 4) is 0 Å². The number of hydrogen-bond acceptors (Lipinski definition) is 5. The number of alkyl halides is 2. The highest BCUT2D eigenvalue weighted by atomic mass is 32.2. The highest BCUT2D eigenvalue weighted by Crippen LogP contribution is 2.31. The van der Waals surface area contributed by atoms with Gasteiger partial charge in [-0.3, -0.25) is 4.79 Å². The second-order valence-corrected chi connectivity index (χ2v) is 13.0. The molecule has 0 spiro atoms. The molecule has 0 N–H and O–H groups in total. The first kappa shape index (κ1) is 26.0. The number of piperidine rings is 2. The number of likely N-dealkylation sites (tertiary alicyclic amines) is 1. The van der Waals surface area contributed by atoms with E-state index < -0.39 is 37.0 Å². The molecule has 0 bridgehead atoms. The van der Waals surface area contributed by atoms with E-state index in [9.17, 15) is 30.4 Å². The molecule has 1 atom stereocenters. The Morgan fingerprint density at radius 2 is 1.55 bits per heavy atom. The topological polar surface area (TPSA) is 91.8 Å². The van der Waals surface area contributed by atoms with Gasteiger partial charge >= 0.3 is 0 Å². The average Bonchev–Trinajstić information content (AvgIpc) is 2.79. The van der Waals surface area contributed by atoms with Gasteiger partial charge in [0.25, 0.3) is 5.92 Å². The van der Waals surface area contributed by atoms with Gasteiger partial charge in [0.2, 0.25) is 15.9 Å². The monoisotopic (exact) mass is 506 g/mol. The zero-order valence-electron chi connectivity index (χ0n) is 19.0. The van der Waals surface area contributed by atoms with E-state index in [-0.39, 0.29) is 54.7 Å². The first-order chi connectivity index (χ1) is 15.4. The molecule has 2 aliphatic heterocycles. The summed E-state index contributed by atoms with van der Waals surface area (Å²) in [6, 6.07) is 5.23. The molecule has 0 radical (unpaired) electrons. The second-order valence-electron chi connectivity index (χ2n) is 8.84. The lowest BCUT2D eigenvalue weighted by atomic mass is 9.96. The van der Waals surface area contributed by atoms with Crippen LogP contribution in [0.15, 0.2) is 34.1 Å². The Kier molecular flexibility index (Phi) is 7.85. The molecule has 1 amide bonds. The van der Waals surface area contributed by atoms with Gasteiger partial charge in [-0.2, -0.15) is 4.31 Å². The number of rotatable bonds is 7. The van der Waals surface area contributed by atoms with Crippen molar-refractivity contribution in [3.63, 3.8) is 0 Å². The third-order valence-corrected chi connectivity index (χ3v) is 11.0. The van der Waals surface area contributed by atoms with Crippen molar-refractivity contribution in [2.75, 3.05) is 26.2 Å². The minimum absolute atomic E-state index is 0.0121. The van der Waals surface area contributed by atoms with Gasteiger partial charge in [0.05, 0.1) is 21.0 Å². The summed E-state index contributed by atoms with van der Waals surface area (Å²) in [6.07, 6.45) is 1.18. The summed E-state index contributed by atoms with van der Waals surface area (Å²) in [5.74, 6) is -3.61. The molecule has 2 aliphatic rings. The van der Waals surface area contributed by atoms with Crippen LogP contribution in [0.2, 0.25) is 0 Å². The first-order valence-electron chi connectivity index (χ1n) is 11.4. The number of carbonyl (C=O) groups excluding carboxylic acids is 1. The van der Waals surface area contributed by atoms with E-state index in [0.29, 0.717) is 25.7 Å². The number of hydrogen-bond donors (Lipinski definition) is 0. The molecule has 33 heavy (non-hydrogen) atoms. The predicted molar refractivity (Wildman–Crippen MR) is 120 cm³/mol. The first-order valence-corrected chi connectivity index (χ1v) is 14.4. The van der Waals surface area contributed by atoms with Crippen molar-refractivity contribution in [2.45, 2.75) is 73.3 Å². The van der Waals surface area contributed by atoms with Crippen molar-refractivity contribution >= 4 is 25.8 Å². The molecule has 2 fully saturated rings. The van der Waals surface area contributed by atoms with Crippen LogP contribution >= 0.6 is 0 Å². The molecule has 3 rings (SSSR count). The summed E-state index contributed by atoms with van der Waals surface area (Å²) in [4.78, 5) is 14.3. The molecule has 1 aromatic rings. The Hall–Kier alpha value is -1.59. The molecular formula is C22H32F2N2O5S2. The third-order valence-electron chi connectivity index (χ3n) is 6.68. The van der Waals surface area contributed by atoms with E-state index in [4.69, 9.17) is 0 Å². The molecule has 7 nitrogen and oxygen atoms in total. The molecule has 2 saturated heterocycles. The van der Waals surface area contributed by atoms with Gasteiger partial charge in [-0.15, -0.1) is 0 Å². The van der Waals surface area contributed by atoms with Gasteiger partial charge in [0, 0.05) is 39.0 Å². The maximum absolute atomic E-state index is 13.4. The van der Waals surface area contributed by atoms with E-state index >= 15 is 0 Å². The van der Waals surface area contributed by atoms with Crippen LogP contribution in [0, 0.1) is 5.92 Å². The summed E-state index contributed by atoms with van der Waals surface area (Å²) in [6.45, 7) is 3.78. The molecule has 1 unspecified atom stereocenters. The van der Waals surface area contributed by atoms with Crippen LogP contribution in [0.1, 0.15) is 52.4 Å². The second kappa shape index (κ2) is 9.95. The van der Waals surface area contributed by atoms with E-state index in [0.717, 1.165) is 0 Å². The lowest BCUT2D eigenvalue weighted by molar-refractivity contribution is -0.142. The Morgan fingerprint density at radius 1 is 1.00 bits per heavy atom. The fourth-order valence-electron chi connectivity index (χ4n) is 4.55. The zero-order valence-corrected chi connectivity index (χ0v) is 20.7. The molecule has 1 aromatic carbocycles. The van der Waals surface area contributed by atoms with Crippen LogP contribution < -0.4 is 0 Å². The number of sulfone groups is 1. The van der Waals surface area contributed by atoms with Crippen LogP contribution in [0.3, 0.4) is 0 Å². The van der Waals surface area contributed by atoms with Crippen molar-refractivity contribution in [1.82, 2.24) is 9.21 Å². The largest absolute Gasteiger partial charge is 0.342 e. The van der Waals surface area contributed by atoms with E-state index in [1.54, 1.807) is 13.8 Å². The molecule has 186 valence electrons. The Labute approximate surface area is 195 Å². The Morgan fingerprint density at radius 3 is 2.09 bits per heavy atom. The maximum Gasteiger partial charge on any atom is 0.251 e. The quantitative estimate of drug-likeness (QED) is 0.566. The fourth-order valence-corrected chi connectivity index (χ4v) is 7.85. The van der Waals surface area contributed by atoms with Crippen LogP contribution in [0.5, 0.6) is 0 Å². The summed E-state index contributed by atoms with van der Waals surface area (Å²) < 4.78 is 79.9. The minimum Gasteiger partial charge on any atom is -0.342 e. The minimum atomic E-state index is -3.92. The third kappa shape index (κ3) is 5.57. The smallest absolute Gasteiger partial charge is 0.251 e. The van der Waals surface area contributed by atoms with Gasteiger partial charge in [-0.05, 0) is 49.9 Å².